The van der Waals surface area contributed by atoms with E-state index in [0.29, 0.717) is 12.1 Å². The van der Waals surface area contributed by atoms with Gasteiger partial charge in [-0.15, -0.1) is 23.2 Å². The molecule has 0 aliphatic carbocycles. The van der Waals surface area contributed by atoms with Crippen molar-refractivity contribution in [3.63, 3.8) is 0 Å². The van der Waals surface area contributed by atoms with Crippen LogP contribution in [0.1, 0.15) is 11.1 Å². The molecule has 0 aliphatic heterocycles. The molecule has 2 aromatic carbocycles. The molecule has 0 aliphatic rings. The zero-order chi connectivity index (χ0) is 17.9. The van der Waals surface area contributed by atoms with Crippen molar-refractivity contribution in [3.05, 3.63) is 70.8 Å². The summed E-state index contributed by atoms with van der Waals surface area (Å²) in [7, 11) is 0. The molecule has 24 heavy (non-hydrogen) atoms. The van der Waals surface area contributed by atoms with Gasteiger partial charge in [-0.2, -0.15) is 0 Å². The predicted molar refractivity (Wildman–Crippen MR) is 84.4 cm³/mol. The highest BCUT2D eigenvalue weighted by molar-refractivity contribution is 6.40. The summed E-state index contributed by atoms with van der Waals surface area (Å²) >= 11 is 11.9. The monoisotopic (exact) mass is 378 g/mol. The molecule has 0 saturated carbocycles. The van der Waals surface area contributed by atoms with Crippen LogP contribution in [0, 0.1) is 23.3 Å². The zero-order valence-corrected chi connectivity index (χ0v) is 13.7. The van der Waals surface area contributed by atoms with Gasteiger partial charge < -0.3 is 0 Å². The SMILES string of the molecule is O=C([C@H](Cl)Cc1ccc(F)cc1F)[C@H](Cl)Cc1ccc(F)cc1F. The highest BCUT2D eigenvalue weighted by Gasteiger charge is 2.26. The maximum absolute atomic E-state index is 13.6. The zero-order valence-electron chi connectivity index (χ0n) is 12.2. The maximum atomic E-state index is 13.6. The van der Waals surface area contributed by atoms with Crippen molar-refractivity contribution in [2.24, 2.45) is 0 Å². The normalized spacial score (nSPS) is 13.6. The summed E-state index contributed by atoms with van der Waals surface area (Å²) in [6.07, 6.45) is -0.358. The number of benzene rings is 2. The van der Waals surface area contributed by atoms with Crippen LogP contribution in [0.15, 0.2) is 36.4 Å². The Kier molecular flexibility index (Phi) is 6.24. The first-order chi connectivity index (χ1) is 11.3. The summed E-state index contributed by atoms with van der Waals surface area (Å²) in [4.78, 5) is 12.2. The van der Waals surface area contributed by atoms with Gasteiger partial charge in [-0.3, -0.25) is 4.79 Å². The molecule has 0 spiro atoms. The first-order valence-corrected chi connectivity index (χ1v) is 7.85. The summed E-state index contributed by atoms with van der Waals surface area (Å²) in [5, 5.41) is -2.31. The van der Waals surface area contributed by atoms with Crippen molar-refractivity contribution < 1.29 is 22.4 Å². The van der Waals surface area contributed by atoms with Crippen LogP contribution < -0.4 is 0 Å². The van der Waals surface area contributed by atoms with E-state index in [4.69, 9.17) is 23.2 Å². The van der Waals surface area contributed by atoms with E-state index in [1.807, 2.05) is 0 Å². The second-order valence-electron chi connectivity index (χ2n) is 5.22. The first kappa shape index (κ1) is 18.7. The molecule has 0 unspecified atom stereocenters. The van der Waals surface area contributed by atoms with Crippen LogP contribution >= 0.6 is 23.2 Å². The van der Waals surface area contributed by atoms with Gasteiger partial charge in [0.15, 0.2) is 5.78 Å². The van der Waals surface area contributed by atoms with Crippen LogP contribution in [-0.2, 0) is 17.6 Å². The number of ketones is 1. The molecule has 7 heteroatoms. The quantitative estimate of drug-likeness (QED) is 0.520. The van der Waals surface area contributed by atoms with E-state index in [0.717, 1.165) is 12.1 Å². The lowest BCUT2D eigenvalue weighted by molar-refractivity contribution is -0.118. The minimum atomic E-state index is -1.16. The van der Waals surface area contributed by atoms with Gasteiger partial charge >= 0.3 is 0 Å². The van der Waals surface area contributed by atoms with E-state index in [1.165, 1.54) is 12.1 Å². The fourth-order valence-electron chi connectivity index (χ4n) is 2.16. The highest BCUT2D eigenvalue weighted by atomic mass is 35.5. The minimum absolute atomic E-state index is 0.0709. The molecule has 0 amide bonds. The topological polar surface area (TPSA) is 17.1 Å². The van der Waals surface area contributed by atoms with Gasteiger partial charge in [0.2, 0.25) is 0 Å². The Bertz CT molecular complexity index is 690. The number of alkyl halides is 2. The summed E-state index contributed by atoms with van der Waals surface area (Å²) in [6.45, 7) is 0. The van der Waals surface area contributed by atoms with Gasteiger partial charge in [-0.05, 0) is 36.1 Å². The molecule has 0 bridgehead atoms. The molecule has 2 atom stereocenters. The number of Topliss-reactive ketones (excluding diaryl/α,β-unsaturated/α-hetero) is 1. The average molecular weight is 379 g/mol. The van der Waals surface area contributed by atoms with Gasteiger partial charge in [0.05, 0.1) is 10.8 Å². The number of carbonyl (C=O) groups excluding carboxylic acids is 1. The molecule has 128 valence electrons. The third-order valence-electron chi connectivity index (χ3n) is 3.45. The van der Waals surface area contributed by atoms with E-state index in [-0.39, 0.29) is 24.0 Å². The second kappa shape index (κ2) is 7.99. The fourth-order valence-corrected chi connectivity index (χ4v) is 2.86. The van der Waals surface area contributed by atoms with E-state index in [1.54, 1.807) is 0 Å². The molecular formula is C17H12Cl2F4O. The molecule has 0 heterocycles. The largest absolute Gasteiger partial charge is 0.296 e. The van der Waals surface area contributed by atoms with Crippen LogP contribution in [0.4, 0.5) is 17.6 Å². The summed E-state index contributed by atoms with van der Waals surface area (Å²) in [5.74, 6) is -3.73. The van der Waals surface area contributed by atoms with Gasteiger partial charge in [-0.1, -0.05) is 12.1 Å². The molecular weight excluding hydrogens is 367 g/mol. The lowest BCUT2D eigenvalue weighted by Crippen LogP contribution is -2.28. The molecule has 2 aromatic rings. The Hall–Kier alpha value is -1.59. The Morgan fingerprint density at radius 3 is 1.50 bits per heavy atom. The summed E-state index contributed by atoms with van der Waals surface area (Å²) in [5.41, 5.74) is 0.142. The lowest BCUT2D eigenvalue weighted by Gasteiger charge is -2.14. The molecule has 0 radical (unpaired) electrons. The van der Waals surface area contributed by atoms with Crippen molar-refractivity contribution >= 4 is 29.0 Å². The van der Waals surface area contributed by atoms with Crippen LogP contribution in [0.5, 0.6) is 0 Å². The number of halogens is 6. The fraction of sp³-hybridized carbons (Fsp3) is 0.235. The van der Waals surface area contributed by atoms with Gasteiger partial charge in [0.25, 0.3) is 0 Å². The average Bonchev–Trinajstić information content (AvgIpc) is 2.51. The van der Waals surface area contributed by atoms with E-state index < -0.39 is 39.8 Å². The van der Waals surface area contributed by atoms with Gasteiger partial charge in [0, 0.05) is 12.1 Å². The van der Waals surface area contributed by atoms with E-state index >= 15 is 0 Å². The Balaban J connectivity index is 2.03. The molecule has 0 N–H and O–H groups in total. The molecule has 0 fully saturated rings. The Morgan fingerprint density at radius 2 is 1.17 bits per heavy atom. The summed E-state index contributed by atoms with van der Waals surface area (Å²) in [6, 6.07) is 5.87. The third-order valence-corrected chi connectivity index (χ3v) is 4.18. The van der Waals surface area contributed by atoms with Crippen molar-refractivity contribution in [2.75, 3.05) is 0 Å². The molecule has 1 nitrogen and oxygen atoms in total. The Labute approximate surface area is 146 Å². The van der Waals surface area contributed by atoms with Crippen molar-refractivity contribution in [2.45, 2.75) is 23.6 Å². The molecule has 0 saturated heterocycles. The molecule has 0 aromatic heterocycles. The standard InChI is InChI=1S/C17H12Cl2F4O/c18-13(5-9-1-3-11(20)7-15(9)22)17(24)14(19)6-10-2-4-12(21)8-16(10)23/h1-4,7-8,13-14H,5-6H2/t13-,14-/m1/s1. The minimum Gasteiger partial charge on any atom is -0.296 e. The van der Waals surface area contributed by atoms with Crippen molar-refractivity contribution in [3.8, 4) is 0 Å². The first-order valence-electron chi connectivity index (χ1n) is 6.97. The predicted octanol–water partition coefficient (Wildman–Crippen LogP) is 4.81. The van der Waals surface area contributed by atoms with Gasteiger partial charge in [-0.25, -0.2) is 17.6 Å². The van der Waals surface area contributed by atoms with E-state index in [2.05, 4.69) is 0 Å². The van der Waals surface area contributed by atoms with Crippen molar-refractivity contribution in [1.82, 2.24) is 0 Å². The number of carbonyl (C=O) groups is 1. The van der Waals surface area contributed by atoms with Crippen molar-refractivity contribution in [1.29, 1.82) is 0 Å². The highest BCUT2D eigenvalue weighted by Crippen LogP contribution is 2.20. The van der Waals surface area contributed by atoms with E-state index in [9.17, 15) is 22.4 Å². The lowest BCUT2D eigenvalue weighted by atomic mass is 10.0. The molecule has 2 rings (SSSR count). The second-order valence-corrected chi connectivity index (χ2v) is 6.27. The summed E-state index contributed by atoms with van der Waals surface area (Å²) < 4.78 is 52.9. The Morgan fingerprint density at radius 1 is 0.792 bits per heavy atom. The number of hydrogen-bond donors (Lipinski definition) is 0. The number of hydrogen-bond acceptors (Lipinski definition) is 1. The maximum Gasteiger partial charge on any atom is 0.169 e. The van der Waals surface area contributed by atoms with Crippen LogP contribution in [0.25, 0.3) is 0 Å². The number of rotatable bonds is 6. The van der Waals surface area contributed by atoms with Gasteiger partial charge in [0.1, 0.15) is 23.3 Å². The third kappa shape index (κ3) is 4.71. The smallest absolute Gasteiger partial charge is 0.169 e. The van der Waals surface area contributed by atoms with Crippen LogP contribution in [-0.4, -0.2) is 16.5 Å². The van der Waals surface area contributed by atoms with Crippen LogP contribution in [0.3, 0.4) is 0 Å². The van der Waals surface area contributed by atoms with Crippen LogP contribution in [0.2, 0.25) is 0 Å².